The number of allylic oxidation sites excluding steroid dienone is 1. The van der Waals surface area contributed by atoms with E-state index in [9.17, 15) is 13.5 Å². The van der Waals surface area contributed by atoms with Crippen molar-refractivity contribution in [1.82, 2.24) is 0 Å². The number of phenols is 1. The van der Waals surface area contributed by atoms with Crippen molar-refractivity contribution in [2.45, 2.75) is 6.92 Å². The van der Waals surface area contributed by atoms with Crippen molar-refractivity contribution >= 4 is 37.3 Å². The molecule has 0 fully saturated rings. The Balaban J connectivity index is 2.05. The second-order valence-corrected chi connectivity index (χ2v) is 8.61. The summed E-state index contributed by atoms with van der Waals surface area (Å²) in [5, 5.41) is 14.2. The number of aromatic hydroxyl groups is 1. The van der Waals surface area contributed by atoms with Gasteiger partial charge in [0.15, 0.2) is 0 Å². The number of hydrogen-bond donors (Lipinski definition) is 2. The molecule has 0 saturated carbocycles. The smallest absolute Gasteiger partial charge is 0.257 e. The summed E-state index contributed by atoms with van der Waals surface area (Å²) in [5.74, 6) is 0.116. The Hall–Kier alpha value is -3.31. The van der Waals surface area contributed by atoms with E-state index in [1.165, 1.54) is 6.92 Å². The van der Waals surface area contributed by atoms with Crippen LogP contribution in [0, 0.1) is 0 Å². The van der Waals surface area contributed by atoms with Gasteiger partial charge in [-0.05, 0) is 29.3 Å². The minimum Gasteiger partial charge on any atom is -0.507 e. The lowest BCUT2D eigenvalue weighted by atomic mass is 9.94. The topological polar surface area (TPSA) is 66.4 Å². The van der Waals surface area contributed by atoms with Gasteiger partial charge in [0.2, 0.25) is 0 Å². The molecule has 0 aliphatic carbocycles. The molecule has 4 aromatic rings. The fourth-order valence-electron chi connectivity index (χ4n) is 3.34. The number of rotatable bonds is 4. The highest BCUT2D eigenvalue weighted by molar-refractivity contribution is 7.96. The largest absolute Gasteiger partial charge is 0.507 e. The van der Waals surface area contributed by atoms with Gasteiger partial charge in [-0.3, -0.25) is 4.72 Å². The van der Waals surface area contributed by atoms with Gasteiger partial charge in [0.05, 0.1) is 10.6 Å². The van der Waals surface area contributed by atoms with Gasteiger partial charge in [-0.2, -0.15) is 0 Å². The third-order valence-electron chi connectivity index (χ3n) is 4.80. The van der Waals surface area contributed by atoms with Crippen molar-refractivity contribution in [3.05, 3.63) is 84.3 Å². The van der Waals surface area contributed by atoms with Crippen molar-refractivity contribution in [2.75, 3.05) is 4.72 Å². The molecular weight excluding hydrogens is 370 g/mol. The van der Waals surface area contributed by atoms with Gasteiger partial charge in [0.1, 0.15) is 5.75 Å². The van der Waals surface area contributed by atoms with Gasteiger partial charge in [0, 0.05) is 16.3 Å². The molecular formula is C23H19NO3S. The molecule has 2 N–H and O–H groups in total. The average molecular weight is 389 g/mol. The minimum atomic E-state index is -3.72. The Kier molecular flexibility index (Phi) is 4.32. The number of hydrogen-bond acceptors (Lipinski definition) is 3. The predicted octanol–water partition coefficient (Wildman–Crippen LogP) is 5.64. The highest BCUT2D eigenvalue weighted by Crippen LogP contribution is 2.42. The lowest BCUT2D eigenvalue weighted by Crippen LogP contribution is -2.13. The first-order chi connectivity index (χ1) is 13.4. The fraction of sp³-hybridized carbons (Fsp3) is 0.0435. The SMILES string of the molecule is C=C(C)S(=O)(=O)Nc1cc(-c2cccc3ccccc23)c(O)c2ccccc12. The molecule has 4 rings (SSSR count). The highest BCUT2D eigenvalue weighted by Gasteiger charge is 2.18. The summed E-state index contributed by atoms with van der Waals surface area (Å²) in [7, 11) is -3.72. The predicted molar refractivity (Wildman–Crippen MR) is 116 cm³/mol. The van der Waals surface area contributed by atoms with E-state index in [2.05, 4.69) is 11.3 Å². The molecule has 0 aliphatic heterocycles. The zero-order valence-corrected chi connectivity index (χ0v) is 16.1. The maximum Gasteiger partial charge on any atom is 0.257 e. The Morgan fingerprint density at radius 2 is 1.46 bits per heavy atom. The van der Waals surface area contributed by atoms with Crippen LogP contribution in [0.1, 0.15) is 6.92 Å². The van der Waals surface area contributed by atoms with Crippen molar-refractivity contribution in [3.63, 3.8) is 0 Å². The molecule has 5 heteroatoms. The molecule has 0 radical (unpaired) electrons. The van der Waals surface area contributed by atoms with Crippen LogP contribution in [0.15, 0.2) is 84.3 Å². The molecule has 0 spiro atoms. The number of nitrogens with one attached hydrogen (secondary N) is 1. The van der Waals surface area contributed by atoms with Crippen LogP contribution < -0.4 is 4.72 Å². The fourth-order valence-corrected chi connectivity index (χ4v) is 3.97. The summed E-state index contributed by atoms with van der Waals surface area (Å²) in [6, 6.07) is 22.6. The second kappa shape index (κ2) is 6.69. The van der Waals surface area contributed by atoms with Crippen LogP contribution in [-0.4, -0.2) is 13.5 Å². The van der Waals surface area contributed by atoms with Gasteiger partial charge in [-0.15, -0.1) is 0 Å². The first-order valence-corrected chi connectivity index (χ1v) is 10.3. The van der Waals surface area contributed by atoms with E-state index in [0.717, 1.165) is 16.3 Å². The lowest BCUT2D eigenvalue weighted by molar-refractivity contribution is 0.483. The van der Waals surface area contributed by atoms with Crippen LogP contribution in [0.3, 0.4) is 0 Å². The van der Waals surface area contributed by atoms with E-state index in [-0.39, 0.29) is 10.7 Å². The van der Waals surface area contributed by atoms with E-state index in [1.807, 2.05) is 48.5 Å². The number of phenolic OH excluding ortho intramolecular Hbond substituents is 1. The molecule has 4 nitrogen and oxygen atoms in total. The molecule has 28 heavy (non-hydrogen) atoms. The third-order valence-corrected chi connectivity index (χ3v) is 6.21. The van der Waals surface area contributed by atoms with Crippen molar-refractivity contribution < 1.29 is 13.5 Å². The zero-order chi connectivity index (χ0) is 19.9. The second-order valence-electron chi connectivity index (χ2n) is 6.70. The van der Waals surface area contributed by atoms with Crippen molar-refractivity contribution in [2.24, 2.45) is 0 Å². The summed E-state index contributed by atoms with van der Waals surface area (Å²) in [5.41, 5.74) is 1.80. The summed E-state index contributed by atoms with van der Waals surface area (Å²) in [4.78, 5) is 0.0244. The minimum absolute atomic E-state index is 0.0244. The molecule has 0 aliphatic rings. The van der Waals surface area contributed by atoms with E-state index >= 15 is 0 Å². The monoisotopic (exact) mass is 389 g/mol. The van der Waals surface area contributed by atoms with Crippen LogP contribution in [0.5, 0.6) is 5.75 Å². The van der Waals surface area contributed by atoms with Gasteiger partial charge >= 0.3 is 0 Å². The molecule has 0 atom stereocenters. The molecule has 4 aromatic carbocycles. The van der Waals surface area contributed by atoms with Crippen molar-refractivity contribution in [3.8, 4) is 16.9 Å². The molecule has 0 bridgehead atoms. The van der Waals surface area contributed by atoms with E-state index < -0.39 is 10.0 Å². The summed E-state index contributed by atoms with van der Waals surface area (Å²) in [6.45, 7) is 4.98. The Bertz CT molecular complexity index is 1340. The van der Waals surface area contributed by atoms with Crippen LogP contribution in [0.25, 0.3) is 32.7 Å². The van der Waals surface area contributed by atoms with Gasteiger partial charge in [-0.25, -0.2) is 8.42 Å². The molecule has 0 heterocycles. The van der Waals surface area contributed by atoms with E-state index in [1.54, 1.807) is 24.3 Å². The van der Waals surface area contributed by atoms with E-state index in [0.29, 0.717) is 22.0 Å². The molecule has 0 aromatic heterocycles. The summed E-state index contributed by atoms with van der Waals surface area (Å²) < 4.78 is 27.4. The van der Waals surface area contributed by atoms with Gasteiger partial charge in [-0.1, -0.05) is 73.3 Å². The standard InChI is InChI=1S/C23H19NO3S/c1-15(2)28(26,27)24-22-14-21(23(25)20-12-6-5-11-19(20)22)18-13-7-9-16-8-3-4-10-17(16)18/h3-14,24-25H,1H2,2H3. The Morgan fingerprint density at radius 1 is 0.857 bits per heavy atom. The summed E-state index contributed by atoms with van der Waals surface area (Å²) in [6.07, 6.45) is 0. The maximum absolute atomic E-state index is 12.4. The zero-order valence-electron chi connectivity index (χ0n) is 15.3. The van der Waals surface area contributed by atoms with Crippen LogP contribution in [0.4, 0.5) is 5.69 Å². The van der Waals surface area contributed by atoms with Crippen LogP contribution >= 0.6 is 0 Å². The number of sulfonamides is 1. The number of benzene rings is 4. The molecule has 0 saturated heterocycles. The highest BCUT2D eigenvalue weighted by atomic mass is 32.2. The maximum atomic E-state index is 12.4. The molecule has 0 unspecified atom stereocenters. The van der Waals surface area contributed by atoms with Crippen LogP contribution in [0.2, 0.25) is 0 Å². The lowest BCUT2D eigenvalue weighted by Gasteiger charge is -2.16. The number of fused-ring (bicyclic) bond motifs is 2. The first kappa shape index (κ1) is 18.1. The summed E-state index contributed by atoms with van der Waals surface area (Å²) >= 11 is 0. The molecule has 140 valence electrons. The average Bonchev–Trinajstić information content (AvgIpc) is 2.69. The Labute approximate surface area is 163 Å². The van der Waals surface area contributed by atoms with Crippen molar-refractivity contribution in [1.29, 1.82) is 0 Å². The first-order valence-electron chi connectivity index (χ1n) is 8.79. The molecule has 0 amide bonds. The van der Waals surface area contributed by atoms with Gasteiger partial charge in [0.25, 0.3) is 10.0 Å². The quantitative estimate of drug-likeness (QED) is 0.444. The Morgan fingerprint density at radius 3 is 2.18 bits per heavy atom. The third kappa shape index (κ3) is 3.00. The normalized spacial score (nSPS) is 11.6. The van der Waals surface area contributed by atoms with E-state index in [4.69, 9.17) is 0 Å². The van der Waals surface area contributed by atoms with Gasteiger partial charge < -0.3 is 5.11 Å². The van der Waals surface area contributed by atoms with Crippen LogP contribution in [-0.2, 0) is 10.0 Å². The number of anilines is 1.